The highest BCUT2D eigenvalue weighted by atomic mass is 16.4. The number of rotatable bonds is 2. The van der Waals surface area contributed by atoms with Crippen molar-refractivity contribution in [2.75, 3.05) is 0 Å². The fourth-order valence-electron chi connectivity index (χ4n) is 2.35. The van der Waals surface area contributed by atoms with Gasteiger partial charge < -0.3 is 5.11 Å². The van der Waals surface area contributed by atoms with Crippen LogP contribution in [0, 0.1) is 0 Å². The second-order valence-electron chi connectivity index (χ2n) is 4.41. The molecule has 0 aromatic heterocycles. The lowest BCUT2D eigenvalue weighted by atomic mass is 9.99. The van der Waals surface area contributed by atoms with Crippen LogP contribution in [0.5, 0.6) is 0 Å². The number of carboxylic acids is 1. The van der Waals surface area contributed by atoms with E-state index in [9.17, 15) is 4.79 Å². The summed E-state index contributed by atoms with van der Waals surface area (Å²) in [6.45, 7) is 0. The fourth-order valence-corrected chi connectivity index (χ4v) is 2.35. The van der Waals surface area contributed by atoms with E-state index in [1.807, 2.05) is 36.4 Å². The monoisotopic (exact) mass is 236 g/mol. The number of hydrogen-bond acceptors (Lipinski definition) is 1. The number of fused-ring (bicyclic) bond motifs is 3. The van der Waals surface area contributed by atoms with Gasteiger partial charge in [0.25, 0.3) is 0 Å². The van der Waals surface area contributed by atoms with Crippen LogP contribution in [0.15, 0.2) is 54.6 Å². The lowest BCUT2D eigenvalue weighted by Gasteiger charge is -2.05. The maximum atomic E-state index is 10.7. The molecule has 88 valence electrons. The molecule has 0 heterocycles. The number of aliphatic carboxylic acids is 1. The van der Waals surface area contributed by atoms with Crippen molar-refractivity contribution in [3.63, 3.8) is 0 Å². The average molecular weight is 236 g/mol. The Balaban J connectivity index is 2.24. The van der Waals surface area contributed by atoms with E-state index in [0.29, 0.717) is 0 Å². The molecule has 0 unspecified atom stereocenters. The average Bonchev–Trinajstić information content (AvgIpc) is 2.37. The zero-order valence-electron chi connectivity index (χ0n) is 9.76. The van der Waals surface area contributed by atoms with Gasteiger partial charge in [-0.3, -0.25) is 4.79 Å². The molecular formula is C16H12O2. The van der Waals surface area contributed by atoms with Crippen LogP contribution in [0.25, 0.3) is 21.5 Å². The molecule has 0 spiro atoms. The summed E-state index contributed by atoms with van der Waals surface area (Å²) in [4.78, 5) is 10.7. The minimum absolute atomic E-state index is 0.0722. The zero-order valence-corrected chi connectivity index (χ0v) is 9.76. The van der Waals surface area contributed by atoms with Crippen LogP contribution in [0.3, 0.4) is 0 Å². The minimum atomic E-state index is -0.796. The topological polar surface area (TPSA) is 37.3 Å². The van der Waals surface area contributed by atoms with Gasteiger partial charge in [-0.15, -0.1) is 0 Å². The molecule has 18 heavy (non-hydrogen) atoms. The molecule has 0 saturated heterocycles. The highest BCUT2D eigenvalue weighted by molar-refractivity contribution is 6.07. The summed E-state index contributed by atoms with van der Waals surface area (Å²) in [5, 5.41) is 13.5. The lowest BCUT2D eigenvalue weighted by molar-refractivity contribution is -0.136. The second-order valence-corrected chi connectivity index (χ2v) is 4.41. The Labute approximate surface area is 104 Å². The normalized spacial score (nSPS) is 10.9. The maximum Gasteiger partial charge on any atom is 0.307 e. The van der Waals surface area contributed by atoms with E-state index < -0.39 is 5.97 Å². The number of carboxylic acid groups (broad SMARTS) is 1. The summed E-state index contributed by atoms with van der Waals surface area (Å²) in [7, 11) is 0. The van der Waals surface area contributed by atoms with Crippen LogP contribution in [-0.4, -0.2) is 11.1 Å². The standard InChI is InChI=1S/C16H12O2/c17-16(18)10-11-5-8-15-13(9-11)7-6-12-3-1-2-4-14(12)15/h1-9H,10H2,(H,17,18). The molecule has 0 radical (unpaired) electrons. The number of hydrogen-bond donors (Lipinski definition) is 1. The first-order valence-corrected chi connectivity index (χ1v) is 5.86. The van der Waals surface area contributed by atoms with Crippen molar-refractivity contribution in [2.45, 2.75) is 6.42 Å². The van der Waals surface area contributed by atoms with Crippen molar-refractivity contribution >= 4 is 27.5 Å². The van der Waals surface area contributed by atoms with Crippen LogP contribution in [0.1, 0.15) is 5.56 Å². The Morgan fingerprint density at radius 2 is 1.61 bits per heavy atom. The van der Waals surface area contributed by atoms with Crippen LogP contribution in [0.4, 0.5) is 0 Å². The highest BCUT2D eigenvalue weighted by Crippen LogP contribution is 2.26. The van der Waals surface area contributed by atoms with E-state index in [1.165, 1.54) is 16.2 Å². The lowest BCUT2D eigenvalue weighted by Crippen LogP contribution is -1.99. The molecular weight excluding hydrogens is 224 g/mol. The van der Waals surface area contributed by atoms with Gasteiger partial charge in [0.15, 0.2) is 0 Å². The van der Waals surface area contributed by atoms with E-state index in [1.54, 1.807) is 0 Å². The summed E-state index contributed by atoms with van der Waals surface area (Å²) in [5.74, 6) is -0.796. The Bertz CT molecular complexity index is 744. The van der Waals surface area contributed by atoms with Gasteiger partial charge >= 0.3 is 5.97 Å². The highest BCUT2D eigenvalue weighted by Gasteiger charge is 2.04. The summed E-state index contributed by atoms with van der Waals surface area (Å²) in [6, 6.07) is 18.2. The van der Waals surface area contributed by atoms with Gasteiger partial charge in [-0.05, 0) is 27.1 Å². The van der Waals surface area contributed by atoms with E-state index in [2.05, 4.69) is 18.2 Å². The molecule has 2 nitrogen and oxygen atoms in total. The Kier molecular flexibility index (Phi) is 2.49. The molecule has 0 atom stereocenters. The quantitative estimate of drug-likeness (QED) is 0.690. The van der Waals surface area contributed by atoms with E-state index in [-0.39, 0.29) is 6.42 Å². The fraction of sp³-hybridized carbons (Fsp3) is 0.0625. The first-order valence-electron chi connectivity index (χ1n) is 5.86. The second kappa shape index (κ2) is 4.15. The summed E-state index contributed by atoms with van der Waals surface area (Å²) in [6.07, 6.45) is 0.0722. The van der Waals surface area contributed by atoms with Crippen LogP contribution in [0.2, 0.25) is 0 Å². The van der Waals surface area contributed by atoms with Gasteiger partial charge in [0, 0.05) is 0 Å². The predicted octanol–water partition coefficient (Wildman–Crippen LogP) is 3.62. The molecule has 1 N–H and O–H groups in total. The van der Waals surface area contributed by atoms with Gasteiger partial charge in [-0.2, -0.15) is 0 Å². The molecule has 3 aromatic carbocycles. The number of carbonyl (C=O) groups is 1. The maximum absolute atomic E-state index is 10.7. The Morgan fingerprint density at radius 3 is 2.44 bits per heavy atom. The van der Waals surface area contributed by atoms with Gasteiger partial charge in [-0.1, -0.05) is 54.6 Å². The first kappa shape index (κ1) is 10.8. The largest absolute Gasteiger partial charge is 0.481 e. The summed E-state index contributed by atoms with van der Waals surface area (Å²) < 4.78 is 0. The van der Waals surface area contributed by atoms with E-state index >= 15 is 0 Å². The molecule has 0 aliphatic rings. The third kappa shape index (κ3) is 1.82. The third-order valence-electron chi connectivity index (χ3n) is 3.16. The van der Waals surface area contributed by atoms with Crippen molar-refractivity contribution in [2.24, 2.45) is 0 Å². The van der Waals surface area contributed by atoms with Gasteiger partial charge in [0.05, 0.1) is 6.42 Å². The van der Waals surface area contributed by atoms with Crippen molar-refractivity contribution in [1.29, 1.82) is 0 Å². The Morgan fingerprint density at radius 1 is 0.889 bits per heavy atom. The number of benzene rings is 3. The van der Waals surface area contributed by atoms with Crippen molar-refractivity contribution in [3.8, 4) is 0 Å². The van der Waals surface area contributed by atoms with Crippen molar-refractivity contribution in [1.82, 2.24) is 0 Å². The van der Waals surface area contributed by atoms with Crippen LogP contribution >= 0.6 is 0 Å². The van der Waals surface area contributed by atoms with Crippen LogP contribution in [-0.2, 0) is 11.2 Å². The first-order chi connectivity index (χ1) is 8.74. The Hall–Kier alpha value is -2.35. The summed E-state index contributed by atoms with van der Waals surface area (Å²) >= 11 is 0. The molecule has 3 rings (SSSR count). The molecule has 0 aliphatic carbocycles. The van der Waals surface area contributed by atoms with Crippen molar-refractivity contribution in [3.05, 3.63) is 60.2 Å². The third-order valence-corrected chi connectivity index (χ3v) is 3.16. The molecule has 0 aliphatic heterocycles. The molecule has 0 bridgehead atoms. The van der Waals surface area contributed by atoms with Gasteiger partial charge in [0.2, 0.25) is 0 Å². The zero-order chi connectivity index (χ0) is 12.5. The SMILES string of the molecule is O=C(O)Cc1ccc2c(ccc3ccccc32)c1. The van der Waals surface area contributed by atoms with Gasteiger partial charge in [0.1, 0.15) is 0 Å². The minimum Gasteiger partial charge on any atom is -0.481 e. The molecule has 2 heteroatoms. The molecule has 0 amide bonds. The predicted molar refractivity (Wildman–Crippen MR) is 72.8 cm³/mol. The smallest absolute Gasteiger partial charge is 0.307 e. The molecule has 0 saturated carbocycles. The summed E-state index contributed by atoms with van der Waals surface area (Å²) in [5.41, 5.74) is 0.838. The van der Waals surface area contributed by atoms with E-state index in [0.717, 1.165) is 10.9 Å². The molecule has 0 fully saturated rings. The van der Waals surface area contributed by atoms with Crippen molar-refractivity contribution < 1.29 is 9.90 Å². The van der Waals surface area contributed by atoms with Gasteiger partial charge in [-0.25, -0.2) is 0 Å². The van der Waals surface area contributed by atoms with E-state index in [4.69, 9.17) is 5.11 Å². The van der Waals surface area contributed by atoms with Crippen LogP contribution < -0.4 is 0 Å². The molecule has 3 aromatic rings.